The van der Waals surface area contributed by atoms with Gasteiger partial charge in [-0.2, -0.15) is 0 Å². The summed E-state index contributed by atoms with van der Waals surface area (Å²) in [6.07, 6.45) is 0.788. The zero-order valence-electron chi connectivity index (χ0n) is 7.01. The number of hydrogen-bond acceptors (Lipinski definition) is 3. The zero-order chi connectivity index (χ0) is 10.5. The van der Waals surface area contributed by atoms with E-state index in [1.807, 2.05) is 0 Å². The monoisotopic (exact) mass is 252 g/mol. The Morgan fingerprint density at radius 1 is 1.69 bits per heavy atom. The number of guanidine groups is 1. The summed E-state index contributed by atoms with van der Waals surface area (Å²) in [6.45, 7) is 0.438. The van der Waals surface area contributed by atoms with Crippen molar-refractivity contribution in [3.05, 3.63) is 0 Å². The summed E-state index contributed by atoms with van der Waals surface area (Å²) in [5, 5.41) is 18.0. The Bertz CT molecular complexity index is 207. The molecule has 0 aromatic heterocycles. The molecule has 0 aliphatic heterocycles. The molecule has 0 bridgehead atoms. The molecule has 1 atom stereocenters. The highest BCUT2D eigenvalue weighted by atomic mass is 79.9. The third-order valence-corrected chi connectivity index (χ3v) is 2.12. The van der Waals surface area contributed by atoms with Gasteiger partial charge in [-0.15, -0.1) is 0 Å². The van der Waals surface area contributed by atoms with Crippen LogP contribution in [0.5, 0.6) is 0 Å². The highest BCUT2D eigenvalue weighted by Crippen LogP contribution is 2.17. The fourth-order valence-electron chi connectivity index (χ4n) is 0.676. The average molecular weight is 253 g/mol. The van der Waals surface area contributed by atoms with Gasteiger partial charge in [-0.3, -0.25) is 5.41 Å². The van der Waals surface area contributed by atoms with E-state index in [-0.39, 0.29) is 12.4 Å². The first-order chi connectivity index (χ1) is 5.86. The molecule has 0 saturated carbocycles. The molecule has 0 aromatic carbocycles. The Morgan fingerprint density at radius 2 is 2.23 bits per heavy atom. The molecule has 0 aromatic rings. The number of rotatable bonds is 5. The fraction of sp³-hybridized carbons (Fsp3) is 0.667. The van der Waals surface area contributed by atoms with Gasteiger partial charge in [-0.05, 0) is 12.8 Å². The van der Waals surface area contributed by atoms with Crippen molar-refractivity contribution < 1.29 is 9.90 Å². The molecule has 0 rings (SSSR count). The topological polar surface area (TPSA) is 125 Å². The van der Waals surface area contributed by atoms with E-state index < -0.39 is 10.4 Å². The first-order valence-corrected chi connectivity index (χ1v) is 4.44. The van der Waals surface area contributed by atoms with Crippen molar-refractivity contribution in [2.75, 3.05) is 6.54 Å². The molecule has 0 heterocycles. The lowest BCUT2D eigenvalue weighted by Gasteiger charge is -2.16. The van der Waals surface area contributed by atoms with Gasteiger partial charge in [0.2, 0.25) is 0 Å². The first-order valence-electron chi connectivity index (χ1n) is 3.65. The van der Waals surface area contributed by atoms with E-state index in [2.05, 4.69) is 21.2 Å². The Labute approximate surface area is 84.3 Å². The van der Waals surface area contributed by atoms with Gasteiger partial charge in [0, 0.05) is 6.54 Å². The van der Waals surface area contributed by atoms with Crippen LogP contribution in [-0.4, -0.2) is 28.0 Å². The fourth-order valence-corrected chi connectivity index (χ4v) is 0.956. The van der Waals surface area contributed by atoms with E-state index in [1.54, 1.807) is 0 Å². The minimum atomic E-state index is -1.38. The van der Waals surface area contributed by atoms with Crippen molar-refractivity contribution in [2.24, 2.45) is 11.5 Å². The van der Waals surface area contributed by atoms with Gasteiger partial charge in [0.25, 0.3) is 0 Å². The van der Waals surface area contributed by atoms with Crippen molar-refractivity contribution in [2.45, 2.75) is 17.3 Å². The van der Waals surface area contributed by atoms with Gasteiger partial charge in [0.05, 0.1) is 0 Å². The van der Waals surface area contributed by atoms with Crippen LogP contribution in [0.15, 0.2) is 0 Å². The number of aliphatic carboxylic acids is 1. The van der Waals surface area contributed by atoms with Crippen LogP contribution in [0.1, 0.15) is 12.8 Å². The molecule has 0 aliphatic rings. The molecule has 0 radical (unpaired) electrons. The highest BCUT2D eigenvalue weighted by molar-refractivity contribution is 9.10. The molecule has 0 spiro atoms. The van der Waals surface area contributed by atoms with E-state index in [0.717, 1.165) is 0 Å². The van der Waals surface area contributed by atoms with Crippen LogP contribution >= 0.6 is 15.9 Å². The van der Waals surface area contributed by atoms with Crippen LogP contribution in [0, 0.1) is 5.41 Å². The molecule has 7 heteroatoms. The number of carboxylic acids is 1. The van der Waals surface area contributed by atoms with E-state index in [9.17, 15) is 4.79 Å². The second kappa shape index (κ2) is 5.03. The molecule has 76 valence electrons. The molecule has 0 unspecified atom stereocenters. The van der Waals surface area contributed by atoms with Crippen molar-refractivity contribution in [1.82, 2.24) is 5.32 Å². The van der Waals surface area contributed by atoms with Crippen LogP contribution in [0.2, 0.25) is 0 Å². The largest absolute Gasteiger partial charge is 0.479 e. The third-order valence-electron chi connectivity index (χ3n) is 1.39. The average Bonchev–Trinajstić information content (AvgIpc) is 1.97. The second-order valence-corrected chi connectivity index (χ2v) is 4.03. The molecule has 0 saturated heterocycles. The Kier molecular flexibility index (Phi) is 4.71. The van der Waals surface area contributed by atoms with Crippen LogP contribution in [-0.2, 0) is 4.79 Å². The Morgan fingerprint density at radius 3 is 2.62 bits per heavy atom. The second-order valence-electron chi connectivity index (χ2n) is 2.61. The Balaban J connectivity index is 3.64. The first kappa shape index (κ1) is 12.2. The predicted molar refractivity (Wildman–Crippen MR) is 52.6 cm³/mol. The maximum Gasteiger partial charge on any atom is 0.334 e. The lowest BCUT2D eigenvalue weighted by Crippen LogP contribution is -2.42. The van der Waals surface area contributed by atoms with Crippen LogP contribution < -0.4 is 16.8 Å². The third kappa shape index (κ3) is 5.42. The lowest BCUT2D eigenvalue weighted by atomic mass is 10.2. The molecule has 7 N–H and O–H groups in total. The number of halogens is 1. The summed E-state index contributed by atoms with van der Waals surface area (Å²) in [7, 11) is 0. The van der Waals surface area contributed by atoms with Crippen LogP contribution in [0.4, 0.5) is 0 Å². The van der Waals surface area contributed by atoms with Gasteiger partial charge in [-0.25, -0.2) is 4.79 Å². The Hall–Kier alpha value is -0.820. The quantitative estimate of drug-likeness (QED) is 0.147. The van der Waals surface area contributed by atoms with Gasteiger partial charge in [0.15, 0.2) is 10.4 Å². The zero-order valence-corrected chi connectivity index (χ0v) is 8.60. The normalized spacial score (nSPS) is 14.6. The number of nitrogens with one attached hydrogen (secondary N) is 2. The standard InChI is InChI=1S/C6H13BrN4O2/c7-6(10,4(12)13)2-1-3-11-5(8)9/h1-3,10H2,(H,12,13)(H4,8,9,11)/t6-/m0/s1. The molecule has 0 aliphatic carbocycles. The molecular weight excluding hydrogens is 240 g/mol. The maximum atomic E-state index is 10.5. The van der Waals surface area contributed by atoms with Crippen LogP contribution in [0.3, 0.4) is 0 Å². The smallest absolute Gasteiger partial charge is 0.334 e. The molecular formula is C6H13BrN4O2. The summed E-state index contributed by atoms with van der Waals surface area (Å²) in [4.78, 5) is 10.5. The maximum absolute atomic E-state index is 10.5. The van der Waals surface area contributed by atoms with Gasteiger partial charge in [-0.1, -0.05) is 15.9 Å². The molecule has 13 heavy (non-hydrogen) atoms. The number of hydrogen-bond donors (Lipinski definition) is 5. The van der Waals surface area contributed by atoms with Gasteiger partial charge in [0.1, 0.15) is 0 Å². The van der Waals surface area contributed by atoms with Crippen molar-refractivity contribution in [3.8, 4) is 0 Å². The van der Waals surface area contributed by atoms with E-state index in [1.165, 1.54) is 0 Å². The molecule has 0 amide bonds. The molecule has 0 fully saturated rings. The van der Waals surface area contributed by atoms with Gasteiger partial charge < -0.3 is 21.9 Å². The SMILES string of the molecule is N=C(N)NCCC[C@@](N)(Br)C(=O)O. The van der Waals surface area contributed by atoms with E-state index in [4.69, 9.17) is 22.0 Å². The lowest BCUT2D eigenvalue weighted by molar-refractivity contribution is -0.139. The summed E-state index contributed by atoms with van der Waals surface area (Å²) in [5.41, 5.74) is 10.4. The van der Waals surface area contributed by atoms with E-state index in [0.29, 0.717) is 13.0 Å². The summed E-state index contributed by atoms with van der Waals surface area (Å²) in [5.74, 6) is -1.23. The van der Waals surface area contributed by atoms with Crippen molar-refractivity contribution in [3.63, 3.8) is 0 Å². The minimum absolute atomic E-state index is 0.132. The summed E-state index contributed by atoms with van der Waals surface area (Å²) in [6, 6.07) is 0. The summed E-state index contributed by atoms with van der Waals surface area (Å²) < 4.78 is -1.38. The van der Waals surface area contributed by atoms with E-state index >= 15 is 0 Å². The number of nitrogens with two attached hydrogens (primary N) is 2. The molecule has 6 nitrogen and oxygen atoms in total. The number of carbonyl (C=O) groups is 1. The van der Waals surface area contributed by atoms with Gasteiger partial charge >= 0.3 is 5.97 Å². The predicted octanol–water partition coefficient (Wildman–Crippen LogP) is -0.616. The number of carboxylic acid groups (broad SMARTS) is 1. The van der Waals surface area contributed by atoms with Crippen molar-refractivity contribution in [1.29, 1.82) is 5.41 Å². The van der Waals surface area contributed by atoms with Crippen molar-refractivity contribution >= 4 is 27.9 Å². The minimum Gasteiger partial charge on any atom is -0.479 e. The highest BCUT2D eigenvalue weighted by Gasteiger charge is 2.29. The van der Waals surface area contributed by atoms with Crippen LogP contribution in [0.25, 0.3) is 0 Å². The number of alkyl halides is 1. The summed E-state index contributed by atoms with van der Waals surface area (Å²) >= 11 is 2.88.